The van der Waals surface area contributed by atoms with Crippen molar-refractivity contribution in [1.82, 2.24) is 29.3 Å². The number of imidazole rings is 1. The monoisotopic (exact) mass is 603 g/mol. The van der Waals surface area contributed by atoms with Crippen LogP contribution in [-0.4, -0.2) is 101 Å². The van der Waals surface area contributed by atoms with Gasteiger partial charge in [-0.25, -0.2) is 9.78 Å². The largest absolute Gasteiger partial charge is 0.454 e. The molecule has 2 aliphatic heterocycles. The SMILES string of the molecule is CN(CCN(C)c1nc(NCc2ccc3c(c2)OCO3)c2ncn(Cc3ccc([N+](=O)[O-])cc3)c2n1)C(=O)N1CCOCC1. The van der Waals surface area contributed by atoms with E-state index < -0.39 is 4.92 Å². The standard InChI is InChI=1S/C29H33N9O6/c1-34(9-10-35(2)29(39)36-11-13-42-14-12-36)28-32-26(30-16-21-5-8-23-24(15-21)44-19-43-23)25-27(33-28)37(18-31-25)17-20-3-6-22(7-4-20)38(40)41/h3-8,15,18H,9-14,16-17,19H2,1-2H3,(H,30,32,33). The second kappa shape index (κ2) is 12.6. The van der Waals surface area contributed by atoms with Crippen molar-refractivity contribution in [3.63, 3.8) is 0 Å². The molecule has 2 aromatic heterocycles. The summed E-state index contributed by atoms with van der Waals surface area (Å²) in [6.45, 7) is 4.28. The molecule has 0 saturated carbocycles. The lowest BCUT2D eigenvalue weighted by Crippen LogP contribution is -2.48. The van der Waals surface area contributed by atoms with Gasteiger partial charge in [-0.1, -0.05) is 18.2 Å². The number of ether oxygens (including phenoxy) is 3. The van der Waals surface area contributed by atoms with Crippen LogP contribution >= 0.6 is 0 Å². The fourth-order valence-electron chi connectivity index (χ4n) is 4.99. The first-order chi connectivity index (χ1) is 21.4. The van der Waals surface area contributed by atoms with Crippen molar-refractivity contribution in [1.29, 1.82) is 0 Å². The molecule has 230 valence electrons. The minimum absolute atomic E-state index is 0.0301. The summed E-state index contributed by atoms with van der Waals surface area (Å²) in [5.74, 6) is 2.42. The molecule has 1 N–H and O–H groups in total. The third-order valence-corrected chi connectivity index (χ3v) is 7.57. The minimum atomic E-state index is -0.421. The Bertz CT molecular complexity index is 1660. The van der Waals surface area contributed by atoms with Gasteiger partial charge in [0.25, 0.3) is 5.69 Å². The van der Waals surface area contributed by atoms with Crippen LogP contribution in [0.5, 0.6) is 11.5 Å². The molecule has 0 unspecified atom stereocenters. The molecule has 44 heavy (non-hydrogen) atoms. The van der Waals surface area contributed by atoms with Crippen molar-refractivity contribution in [3.8, 4) is 11.5 Å². The molecule has 0 spiro atoms. The topological polar surface area (TPSA) is 153 Å². The normalized spacial score (nSPS) is 14.1. The molecule has 15 nitrogen and oxygen atoms in total. The predicted octanol–water partition coefficient (Wildman–Crippen LogP) is 2.94. The van der Waals surface area contributed by atoms with Crippen molar-refractivity contribution in [2.45, 2.75) is 13.1 Å². The summed E-state index contributed by atoms with van der Waals surface area (Å²) in [4.78, 5) is 43.2. The molecule has 15 heteroatoms. The number of aromatic nitrogens is 4. The highest BCUT2D eigenvalue weighted by Gasteiger charge is 2.22. The van der Waals surface area contributed by atoms with Crippen LogP contribution in [0, 0.1) is 10.1 Å². The summed E-state index contributed by atoms with van der Waals surface area (Å²) in [7, 11) is 3.67. The van der Waals surface area contributed by atoms with Crippen LogP contribution in [0.4, 0.5) is 22.2 Å². The molecule has 0 atom stereocenters. The first kappa shape index (κ1) is 28.9. The Kier molecular flexibility index (Phi) is 8.27. The Morgan fingerprint density at radius 2 is 1.77 bits per heavy atom. The third kappa shape index (κ3) is 6.27. The summed E-state index contributed by atoms with van der Waals surface area (Å²) in [5.41, 5.74) is 3.06. The van der Waals surface area contributed by atoms with E-state index in [2.05, 4.69) is 10.3 Å². The van der Waals surface area contributed by atoms with Crippen LogP contribution in [0.15, 0.2) is 48.8 Å². The maximum absolute atomic E-state index is 12.9. The molecular formula is C29H33N9O6. The lowest BCUT2D eigenvalue weighted by molar-refractivity contribution is -0.384. The highest BCUT2D eigenvalue weighted by Crippen LogP contribution is 2.33. The number of morpholine rings is 1. The van der Waals surface area contributed by atoms with Crippen LogP contribution in [0.2, 0.25) is 0 Å². The third-order valence-electron chi connectivity index (χ3n) is 7.57. The van der Waals surface area contributed by atoms with Gasteiger partial charge in [0.15, 0.2) is 28.5 Å². The van der Waals surface area contributed by atoms with E-state index in [1.165, 1.54) is 12.1 Å². The zero-order valence-corrected chi connectivity index (χ0v) is 24.5. The zero-order valence-electron chi connectivity index (χ0n) is 24.5. The number of carbonyl (C=O) groups is 1. The van der Waals surface area contributed by atoms with Gasteiger partial charge in [-0.3, -0.25) is 10.1 Å². The number of nitrogens with zero attached hydrogens (tertiary/aromatic N) is 8. The van der Waals surface area contributed by atoms with Crippen LogP contribution in [0.3, 0.4) is 0 Å². The van der Waals surface area contributed by atoms with E-state index in [1.54, 1.807) is 35.3 Å². The molecule has 2 aliphatic rings. The van der Waals surface area contributed by atoms with Crippen molar-refractivity contribution < 1.29 is 23.9 Å². The maximum Gasteiger partial charge on any atom is 0.319 e. The molecule has 2 amide bonds. The molecular weight excluding hydrogens is 570 g/mol. The number of nitro groups is 1. The lowest BCUT2D eigenvalue weighted by atomic mass is 10.2. The number of hydrogen-bond donors (Lipinski definition) is 1. The number of anilines is 2. The van der Waals surface area contributed by atoms with Crippen molar-refractivity contribution in [3.05, 3.63) is 70.0 Å². The second-order valence-corrected chi connectivity index (χ2v) is 10.6. The number of hydrogen-bond acceptors (Lipinski definition) is 11. The number of likely N-dealkylation sites (N-methyl/N-ethyl adjacent to an activating group) is 2. The highest BCUT2D eigenvalue weighted by molar-refractivity contribution is 5.84. The van der Waals surface area contributed by atoms with Gasteiger partial charge in [0.1, 0.15) is 0 Å². The van der Waals surface area contributed by atoms with Gasteiger partial charge in [0, 0.05) is 59.0 Å². The quantitative estimate of drug-likeness (QED) is 0.210. The predicted molar refractivity (Wildman–Crippen MR) is 161 cm³/mol. The molecule has 4 heterocycles. The Hall–Kier alpha value is -5.18. The fraction of sp³-hybridized carbons (Fsp3) is 0.379. The number of fused-ring (bicyclic) bond motifs is 2. The van der Waals surface area contributed by atoms with E-state index in [9.17, 15) is 14.9 Å². The summed E-state index contributed by atoms with van der Waals surface area (Å²) in [6, 6.07) is 12.1. The fourth-order valence-corrected chi connectivity index (χ4v) is 4.99. The van der Waals surface area contributed by atoms with Crippen molar-refractivity contribution in [2.24, 2.45) is 0 Å². The first-order valence-corrected chi connectivity index (χ1v) is 14.2. The molecule has 6 rings (SSSR count). The average Bonchev–Trinajstić information content (AvgIpc) is 3.69. The number of rotatable bonds is 10. The van der Waals surface area contributed by atoms with Crippen LogP contribution in [0.25, 0.3) is 11.2 Å². The Labute approximate surface area is 253 Å². The Morgan fingerprint density at radius 3 is 2.55 bits per heavy atom. The van der Waals surface area contributed by atoms with Gasteiger partial charge >= 0.3 is 6.03 Å². The Morgan fingerprint density at radius 1 is 1.02 bits per heavy atom. The van der Waals surface area contributed by atoms with E-state index in [-0.39, 0.29) is 18.5 Å². The van der Waals surface area contributed by atoms with Crippen LogP contribution in [-0.2, 0) is 17.8 Å². The second-order valence-electron chi connectivity index (χ2n) is 10.6. The van der Waals surface area contributed by atoms with E-state index in [1.807, 2.05) is 34.7 Å². The molecule has 1 fully saturated rings. The lowest BCUT2D eigenvalue weighted by Gasteiger charge is -2.31. The number of non-ortho nitro benzene ring substituents is 1. The molecule has 0 bridgehead atoms. The molecule has 0 aliphatic carbocycles. The number of nitrogens with one attached hydrogen (secondary N) is 1. The molecule has 2 aromatic carbocycles. The van der Waals surface area contributed by atoms with Gasteiger partial charge in [-0.2, -0.15) is 9.97 Å². The number of carbonyl (C=O) groups excluding carboxylic acids is 1. The maximum atomic E-state index is 12.9. The van der Waals surface area contributed by atoms with E-state index in [0.29, 0.717) is 86.9 Å². The van der Waals surface area contributed by atoms with E-state index in [0.717, 1.165) is 11.1 Å². The van der Waals surface area contributed by atoms with Gasteiger partial charge < -0.3 is 38.8 Å². The number of amides is 2. The average molecular weight is 604 g/mol. The minimum Gasteiger partial charge on any atom is -0.454 e. The Balaban J connectivity index is 1.24. The summed E-state index contributed by atoms with van der Waals surface area (Å²) >= 11 is 0. The first-order valence-electron chi connectivity index (χ1n) is 14.2. The molecule has 1 saturated heterocycles. The number of nitro benzene ring substituents is 1. The molecule has 0 radical (unpaired) electrons. The summed E-state index contributed by atoms with van der Waals surface area (Å²) in [5, 5.41) is 14.5. The van der Waals surface area contributed by atoms with Crippen LogP contribution < -0.4 is 19.7 Å². The smallest absolute Gasteiger partial charge is 0.319 e. The number of urea groups is 1. The van der Waals surface area contributed by atoms with Gasteiger partial charge in [-0.15, -0.1) is 0 Å². The summed E-state index contributed by atoms with van der Waals surface area (Å²) < 4.78 is 18.2. The van der Waals surface area contributed by atoms with Crippen LogP contribution in [0.1, 0.15) is 11.1 Å². The van der Waals surface area contributed by atoms with E-state index >= 15 is 0 Å². The van der Waals surface area contributed by atoms with Crippen molar-refractivity contribution in [2.75, 3.05) is 70.5 Å². The van der Waals surface area contributed by atoms with Gasteiger partial charge in [-0.05, 0) is 23.3 Å². The zero-order chi connectivity index (χ0) is 30.6. The van der Waals surface area contributed by atoms with Gasteiger partial charge in [0.2, 0.25) is 12.7 Å². The van der Waals surface area contributed by atoms with Crippen molar-refractivity contribution >= 4 is 34.6 Å². The van der Waals surface area contributed by atoms with Gasteiger partial charge in [0.05, 0.1) is 31.0 Å². The number of benzene rings is 2. The summed E-state index contributed by atoms with van der Waals surface area (Å²) in [6.07, 6.45) is 1.69. The van der Waals surface area contributed by atoms with E-state index in [4.69, 9.17) is 24.2 Å². The molecule has 4 aromatic rings. The highest BCUT2D eigenvalue weighted by atomic mass is 16.7.